The van der Waals surface area contributed by atoms with Crippen LogP contribution in [0.15, 0.2) is 18.2 Å². The number of ether oxygens (including phenoxy) is 2. The number of amides is 1. The fraction of sp³-hybridized carbons (Fsp3) is 0.467. The minimum atomic E-state index is -1.08. The third-order valence-corrected chi connectivity index (χ3v) is 3.70. The Balaban J connectivity index is 2.02. The summed E-state index contributed by atoms with van der Waals surface area (Å²) in [6.07, 6.45) is -1.75. The molecule has 1 amide bonds. The summed E-state index contributed by atoms with van der Waals surface area (Å²) in [4.78, 5) is 24.8. The Hall–Kier alpha value is -1.79. The fourth-order valence-corrected chi connectivity index (χ4v) is 2.36. The summed E-state index contributed by atoms with van der Waals surface area (Å²) in [5, 5.41) is 9.39. The molecule has 1 N–H and O–H groups in total. The van der Waals surface area contributed by atoms with Gasteiger partial charge in [0.2, 0.25) is 0 Å². The third kappa shape index (κ3) is 3.90. The molecule has 0 aromatic heterocycles. The maximum Gasteiger partial charge on any atom is 0.334 e. The highest BCUT2D eigenvalue weighted by molar-refractivity contribution is 6.32. The SMILES string of the molecule is Cc1ccc(Cl)c(O[C@H](C)C(=O)N2CCO[C@H](C(=O)O)C2)c1. The van der Waals surface area contributed by atoms with Crippen molar-refractivity contribution in [2.45, 2.75) is 26.1 Å². The molecule has 1 saturated heterocycles. The molecule has 2 rings (SSSR count). The summed E-state index contributed by atoms with van der Waals surface area (Å²) in [7, 11) is 0. The first kappa shape index (κ1) is 16.6. The lowest BCUT2D eigenvalue weighted by Gasteiger charge is -2.32. The van der Waals surface area contributed by atoms with Crippen molar-refractivity contribution in [1.82, 2.24) is 4.90 Å². The van der Waals surface area contributed by atoms with Crippen molar-refractivity contribution < 1.29 is 24.2 Å². The van der Waals surface area contributed by atoms with E-state index in [1.54, 1.807) is 19.1 Å². The molecule has 2 atom stereocenters. The molecule has 7 heteroatoms. The maximum absolute atomic E-state index is 12.4. The van der Waals surface area contributed by atoms with Crippen LogP contribution in [0.5, 0.6) is 5.75 Å². The lowest BCUT2D eigenvalue weighted by atomic mass is 10.2. The van der Waals surface area contributed by atoms with Gasteiger partial charge in [-0.3, -0.25) is 4.79 Å². The van der Waals surface area contributed by atoms with E-state index in [4.69, 9.17) is 26.2 Å². The van der Waals surface area contributed by atoms with Crippen molar-refractivity contribution in [3.05, 3.63) is 28.8 Å². The van der Waals surface area contributed by atoms with Gasteiger partial charge in [-0.15, -0.1) is 0 Å². The predicted molar refractivity (Wildman–Crippen MR) is 80.2 cm³/mol. The number of benzene rings is 1. The Kier molecular flexibility index (Phi) is 5.26. The minimum absolute atomic E-state index is 0.0173. The molecule has 0 bridgehead atoms. The van der Waals surface area contributed by atoms with E-state index in [1.807, 2.05) is 13.0 Å². The van der Waals surface area contributed by atoms with Gasteiger partial charge in [-0.25, -0.2) is 4.79 Å². The van der Waals surface area contributed by atoms with Crippen LogP contribution in [-0.4, -0.2) is 53.8 Å². The van der Waals surface area contributed by atoms with Gasteiger partial charge in [0.15, 0.2) is 12.2 Å². The summed E-state index contributed by atoms with van der Waals surface area (Å²) in [6.45, 7) is 4.07. The molecule has 6 nitrogen and oxygen atoms in total. The van der Waals surface area contributed by atoms with E-state index in [-0.39, 0.29) is 19.1 Å². The van der Waals surface area contributed by atoms with E-state index in [2.05, 4.69) is 0 Å². The zero-order valence-corrected chi connectivity index (χ0v) is 13.2. The highest BCUT2D eigenvalue weighted by Gasteiger charge is 2.31. The van der Waals surface area contributed by atoms with Crippen LogP contribution in [0.1, 0.15) is 12.5 Å². The molecule has 120 valence electrons. The standard InChI is InChI=1S/C15H18ClNO5/c1-9-3-4-11(16)12(7-9)22-10(2)14(18)17-5-6-21-13(8-17)15(19)20/h3-4,7,10,13H,5-6,8H2,1-2H3,(H,19,20)/t10-,13+/m1/s1. The Morgan fingerprint density at radius 3 is 2.91 bits per heavy atom. The molecular weight excluding hydrogens is 310 g/mol. The van der Waals surface area contributed by atoms with Crippen LogP contribution >= 0.6 is 11.6 Å². The molecule has 22 heavy (non-hydrogen) atoms. The first-order valence-electron chi connectivity index (χ1n) is 6.94. The number of nitrogens with zero attached hydrogens (tertiary/aromatic N) is 1. The number of aliphatic carboxylic acids is 1. The van der Waals surface area contributed by atoms with Gasteiger partial charge < -0.3 is 19.5 Å². The third-order valence-electron chi connectivity index (χ3n) is 3.39. The van der Waals surface area contributed by atoms with Crippen LogP contribution in [-0.2, 0) is 14.3 Å². The molecule has 1 aliphatic heterocycles. The number of halogens is 1. The smallest absolute Gasteiger partial charge is 0.334 e. The van der Waals surface area contributed by atoms with E-state index < -0.39 is 18.2 Å². The highest BCUT2D eigenvalue weighted by Crippen LogP contribution is 2.26. The first-order valence-corrected chi connectivity index (χ1v) is 7.32. The number of aryl methyl sites for hydroxylation is 1. The number of morpholine rings is 1. The topological polar surface area (TPSA) is 76.1 Å². The predicted octanol–water partition coefficient (Wildman–Crippen LogP) is 1.73. The summed E-state index contributed by atoms with van der Waals surface area (Å²) in [5.41, 5.74) is 0.969. The molecule has 1 fully saturated rings. The summed E-state index contributed by atoms with van der Waals surface area (Å²) >= 11 is 6.05. The number of carbonyl (C=O) groups excluding carboxylic acids is 1. The Bertz CT molecular complexity index is 577. The van der Waals surface area contributed by atoms with Crippen molar-refractivity contribution in [2.24, 2.45) is 0 Å². The van der Waals surface area contributed by atoms with Crippen molar-refractivity contribution in [1.29, 1.82) is 0 Å². The van der Waals surface area contributed by atoms with Crippen molar-refractivity contribution in [2.75, 3.05) is 19.7 Å². The van der Waals surface area contributed by atoms with Crippen LogP contribution in [0, 0.1) is 6.92 Å². The molecule has 1 aromatic rings. The second-order valence-corrected chi connectivity index (χ2v) is 5.58. The van der Waals surface area contributed by atoms with E-state index in [0.717, 1.165) is 5.56 Å². The minimum Gasteiger partial charge on any atom is -0.479 e. The van der Waals surface area contributed by atoms with Gasteiger partial charge in [-0.05, 0) is 31.5 Å². The van der Waals surface area contributed by atoms with Gasteiger partial charge in [-0.2, -0.15) is 0 Å². The van der Waals surface area contributed by atoms with E-state index in [9.17, 15) is 9.59 Å². The number of hydrogen-bond donors (Lipinski definition) is 1. The molecule has 0 radical (unpaired) electrons. The van der Waals surface area contributed by atoms with Crippen molar-refractivity contribution in [3.8, 4) is 5.75 Å². The lowest BCUT2D eigenvalue weighted by molar-refractivity contribution is -0.161. The summed E-state index contributed by atoms with van der Waals surface area (Å²) in [6, 6.07) is 5.31. The molecule has 1 aromatic carbocycles. The van der Waals surface area contributed by atoms with Crippen LogP contribution in [0.2, 0.25) is 5.02 Å². The molecule has 0 spiro atoms. The normalized spacial score (nSPS) is 19.6. The molecule has 1 aliphatic rings. The fourth-order valence-electron chi connectivity index (χ4n) is 2.20. The van der Waals surface area contributed by atoms with Gasteiger partial charge >= 0.3 is 5.97 Å². The number of rotatable bonds is 4. The summed E-state index contributed by atoms with van der Waals surface area (Å²) in [5.74, 6) is -0.925. The second-order valence-electron chi connectivity index (χ2n) is 5.18. The van der Waals surface area contributed by atoms with E-state index in [1.165, 1.54) is 4.90 Å². The van der Waals surface area contributed by atoms with Crippen LogP contribution in [0.3, 0.4) is 0 Å². The average molecular weight is 328 g/mol. The Morgan fingerprint density at radius 1 is 1.50 bits per heavy atom. The van der Waals surface area contributed by atoms with Crippen molar-refractivity contribution >= 4 is 23.5 Å². The molecule has 0 aliphatic carbocycles. The Labute approximate surface area is 133 Å². The van der Waals surface area contributed by atoms with Gasteiger partial charge in [0.1, 0.15) is 5.75 Å². The highest BCUT2D eigenvalue weighted by atomic mass is 35.5. The van der Waals surface area contributed by atoms with Gasteiger partial charge in [0, 0.05) is 6.54 Å². The van der Waals surface area contributed by atoms with E-state index in [0.29, 0.717) is 17.3 Å². The van der Waals surface area contributed by atoms with Gasteiger partial charge in [0.05, 0.1) is 18.2 Å². The average Bonchev–Trinajstić information content (AvgIpc) is 2.50. The Morgan fingerprint density at radius 2 is 2.23 bits per heavy atom. The largest absolute Gasteiger partial charge is 0.479 e. The second kappa shape index (κ2) is 6.98. The lowest BCUT2D eigenvalue weighted by Crippen LogP contribution is -2.51. The molecule has 1 heterocycles. The summed E-state index contributed by atoms with van der Waals surface area (Å²) < 4.78 is 10.7. The number of carboxylic acid groups (broad SMARTS) is 1. The number of carboxylic acids is 1. The monoisotopic (exact) mass is 327 g/mol. The first-order chi connectivity index (χ1) is 10.4. The zero-order valence-electron chi connectivity index (χ0n) is 12.4. The van der Waals surface area contributed by atoms with Gasteiger partial charge in [-0.1, -0.05) is 17.7 Å². The van der Waals surface area contributed by atoms with Crippen LogP contribution in [0.25, 0.3) is 0 Å². The molecular formula is C15H18ClNO5. The van der Waals surface area contributed by atoms with Crippen molar-refractivity contribution in [3.63, 3.8) is 0 Å². The van der Waals surface area contributed by atoms with E-state index >= 15 is 0 Å². The molecule has 0 saturated carbocycles. The van der Waals surface area contributed by atoms with Crippen LogP contribution < -0.4 is 4.74 Å². The van der Waals surface area contributed by atoms with Crippen LogP contribution in [0.4, 0.5) is 0 Å². The number of carbonyl (C=O) groups is 2. The molecule has 0 unspecified atom stereocenters. The quantitative estimate of drug-likeness (QED) is 0.911. The maximum atomic E-state index is 12.4. The number of hydrogen-bond acceptors (Lipinski definition) is 4. The van der Waals surface area contributed by atoms with Gasteiger partial charge in [0.25, 0.3) is 5.91 Å². The zero-order chi connectivity index (χ0) is 16.3.